The summed E-state index contributed by atoms with van der Waals surface area (Å²) in [5, 5.41) is 4.71. The van der Waals surface area contributed by atoms with Crippen LogP contribution >= 0.6 is 23.8 Å². The van der Waals surface area contributed by atoms with Gasteiger partial charge in [0.25, 0.3) is 0 Å². The van der Waals surface area contributed by atoms with E-state index in [1.807, 2.05) is 42.6 Å². The lowest BCUT2D eigenvalue weighted by Gasteiger charge is -2.27. The highest BCUT2D eigenvalue weighted by Crippen LogP contribution is 2.43. The molecule has 2 fully saturated rings. The molecule has 0 bridgehead atoms. The molecule has 1 aliphatic heterocycles. The molecule has 3 aromatic rings. The highest BCUT2D eigenvalue weighted by molar-refractivity contribution is 7.80. The topological polar surface area (TPSA) is 51.6 Å². The van der Waals surface area contributed by atoms with E-state index < -0.39 is 0 Å². The predicted octanol–water partition coefficient (Wildman–Crippen LogP) is 5.85. The molecule has 3 heterocycles. The van der Waals surface area contributed by atoms with Crippen LogP contribution in [0.2, 0.25) is 5.02 Å². The minimum absolute atomic E-state index is 0.0543. The summed E-state index contributed by atoms with van der Waals surface area (Å²) in [5.41, 5.74) is 3.07. The Hall–Kier alpha value is -2.61. The summed E-state index contributed by atoms with van der Waals surface area (Å²) in [4.78, 5) is 6.79. The van der Waals surface area contributed by atoms with Crippen LogP contribution in [0.4, 0.5) is 5.69 Å². The smallest absolute Gasteiger partial charge is 0.174 e. The van der Waals surface area contributed by atoms with Gasteiger partial charge in [-0.15, -0.1) is 0 Å². The van der Waals surface area contributed by atoms with Gasteiger partial charge >= 0.3 is 0 Å². The standard InChI is InChI=1S/C26H29ClN4O2S/c1-32-14-15-33-23-10-9-20(16-21(23)27)31-25(18-11-13-30(17-18)19-6-2-3-7-19)24(29-26(31)34)22-8-4-5-12-28-22/h4-5,8-13,16-17,19,24-25H,2-3,6-7,14-15H2,1H3,(H,29,34)/t24-,25-/m0/s1. The fourth-order valence-electron chi connectivity index (χ4n) is 5.00. The molecule has 2 aliphatic rings. The van der Waals surface area contributed by atoms with Gasteiger partial charge in [0.15, 0.2) is 5.11 Å². The monoisotopic (exact) mass is 496 g/mol. The van der Waals surface area contributed by atoms with Crippen molar-refractivity contribution >= 4 is 34.6 Å². The number of anilines is 1. The molecule has 5 rings (SSSR count). The Morgan fingerprint density at radius 3 is 2.74 bits per heavy atom. The van der Waals surface area contributed by atoms with E-state index in [1.165, 1.54) is 31.2 Å². The van der Waals surface area contributed by atoms with E-state index in [0.29, 0.717) is 35.1 Å². The maximum atomic E-state index is 6.60. The number of methoxy groups -OCH3 is 1. The summed E-state index contributed by atoms with van der Waals surface area (Å²) in [5.74, 6) is 0.630. The third kappa shape index (κ3) is 4.65. The summed E-state index contributed by atoms with van der Waals surface area (Å²) >= 11 is 12.4. The lowest BCUT2D eigenvalue weighted by atomic mass is 9.98. The van der Waals surface area contributed by atoms with E-state index in [9.17, 15) is 0 Å². The number of nitrogens with zero attached hydrogens (tertiary/aromatic N) is 3. The van der Waals surface area contributed by atoms with Gasteiger partial charge in [-0.2, -0.15) is 0 Å². The molecule has 0 unspecified atom stereocenters. The maximum Gasteiger partial charge on any atom is 0.174 e. The molecule has 1 aliphatic carbocycles. The Labute approximate surface area is 210 Å². The van der Waals surface area contributed by atoms with Crippen LogP contribution in [0.3, 0.4) is 0 Å². The molecular weight excluding hydrogens is 468 g/mol. The molecule has 1 aromatic carbocycles. The van der Waals surface area contributed by atoms with E-state index in [2.05, 4.69) is 38.2 Å². The molecule has 1 saturated carbocycles. The zero-order valence-corrected chi connectivity index (χ0v) is 20.8. The van der Waals surface area contributed by atoms with Crippen molar-refractivity contribution in [3.8, 4) is 5.75 Å². The molecule has 0 amide bonds. The molecule has 2 aromatic heterocycles. The normalized spacial score (nSPS) is 20.6. The van der Waals surface area contributed by atoms with E-state index in [1.54, 1.807) is 7.11 Å². The summed E-state index contributed by atoms with van der Waals surface area (Å²) < 4.78 is 13.2. The molecule has 0 radical (unpaired) electrons. The van der Waals surface area contributed by atoms with Gasteiger partial charge in [0.05, 0.1) is 29.4 Å². The minimum atomic E-state index is -0.0791. The Bertz CT molecular complexity index is 1130. The molecule has 8 heteroatoms. The van der Waals surface area contributed by atoms with Crippen LogP contribution in [0.15, 0.2) is 61.1 Å². The third-order valence-electron chi connectivity index (χ3n) is 6.66. The van der Waals surface area contributed by atoms with Crippen molar-refractivity contribution in [3.63, 3.8) is 0 Å². The number of pyridine rings is 1. The molecule has 178 valence electrons. The summed E-state index contributed by atoms with van der Waals surface area (Å²) in [7, 11) is 1.65. The highest BCUT2D eigenvalue weighted by Gasteiger charge is 2.41. The number of halogens is 1. The average Bonchev–Trinajstić information content (AvgIpc) is 3.60. The average molecular weight is 497 g/mol. The van der Waals surface area contributed by atoms with Crippen molar-refractivity contribution in [3.05, 3.63) is 77.3 Å². The Morgan fingerprint density at radius 1 is 1.15 bits per heavy atom. The number of nitrogens with one attached hydrogen (secondary N) is 1. The molecule has 1 saturated heterocycles. The van der Waals surface area contributed by atoms with Crippen molar-refractivity contribution < 1.29 is 9.47 Å². The zero-order valence-electron chi connectivity index (χ0n) is 19.2. The second kappa shape index (κ2) is 10.3. The number of hydrogen-bond acceptors (Lipinski definition) is 4. The van der Waals surface area contributed by atoms with Crippen molar-refractivity contribution in [1.82, 2.24) is 14.9 Å². The molecule has 2 atom stereocenters. The van der Waals surface area contributed by atoms with Crippen LogP contribution in [0.1, 0.15) is 55.1 Å². The van der Waals surface area contributed by atoms with E-state index >= 15 is 0 Å². The number of benzene rings is 1. The number of rotatable bonds is 8. The van der Waals surface area contributed by atoms with Crippen LogP contribution in [-0.2, 0) is 4.74 Å². The fraction of sp³-hybridized carbons (Fsp3) is 0.385. The van der Waals surface area contributed by atoms with E-state index in [-0.39, 0.29) is 12.1 Å². The van der Waals surface area contributed by atoms with Gasteiger partial charge in [-0.05, 0) is 67.0 Å². The van der Waals surface area contributed by atoms with Crippen molar-refractivity contribution in [2.75, 3.05) is 25.2 Å². The van der Waals surface area contributed by atoms with Gasteiger partial charge in [0.2, 0.25) is 0 Å². The van der Waals surface area contributed by atoms with E-state index in [4.69, 9.17) is 33.3 Å². The highest BCUT2D eigenvalue weighted by atomic mass is 35.5. The second-order valence-electron chi connectivity index (χ2n) is 8.78. The van der Waals surface area contributed by atoms with Gasteiger partial charge in [-0.25, -0.2) is 0 Å². The first-order chi connectivity index (χ1) is 16.7. The van der Waals surface area contributed by atoms with Gasteiger partial charge in [0.1, 0.15) is 12.4 Å². The Morgan fingerprint density at radius 2 is 2.00 bits per heavy atom. The molecule has 1 N–H and O–H groups in total. The number of thiocarbonyl (C=S) groups is 1. The van der Waals surface area contributed by atoms with Gasteiger partial charge in [0, 0.05) is 37.4 Å². The van der Waals surface area contributed by atoms with E-state index in [0.717, 1.165) is 11.4 Å². The molecule has 34 heavy (non-hydrogen) atoms. The lowest BCUT2D eigenvalue weighted by molar-refractivity contribution is 0.146. The van der Waals surface area contributed by atoms with Gasteiger partial charge < -0.3 is 24.3 Å². The van der Waals surface area contributed by atoms with Crippen LogP contribution < -0.4 is 15.0 Å². The first-order valence-electron chi connectivity index (χ1n) is 11.7. The van der Waals surface area contributed by atoms with Crippen molar-refractivity contribution in [2.24, 2.45) is 0 Å². The van der Waals surface area contributed by atoms with Gasteiger partial charge in [-0.3, -0.25) is 4.98 Å². The summed E-state index contributed by atoms with van der Waals surface area (Å²) in [6.45, 7) is 0.947. The minimum Gasteiger partial charge on any atom is -0.490 e. The van der Waals surface area contributed by atoms with Crippen LogP contribution in [0, 0.1) is 0 Å². The molecule has 6 nitrogen and oxygen atoms in total. The van der Waals surface area contributed by atoms with Crippen LogP contribution in [0.25, 0.3) is 0 Å². The number of ether oxygens (including phenoxy) is 2. The fourth-order valence-corrected chi connectivity index (χ4v) is 5.57. The predicted molar refractivity (Wildman–Crippen MR) is 139 cm³/mol. The van der Waals surface area contributed by atoms with Gasteiger partial charge in [-0.1, -0.05) is 30.5 Å². The molecule has 0 spiro atoms. The Balaban J connectivity index is 1.50. The first kappa shape index (κ1) is 23.1. The maximum absolute atomic E-state index is 6.60. The van der Waals surface area contributed by atoms with Crippen LogP contribution in [0.5, 0.6) is 5.75 Å². The lowest BCUT2D eigenvalue weighted by Crippen LogP contribution is -2.29. The first-order valence-corrected chi connectivity index (χ1v) is 12.5. The van der Waals surface area contributed by atoms with Crippen LogP contribution in [-0.4, -0.2) is 35.0 Å². The summed E-state index contributed by atoms with van der Waals surface area (Å²) in [6.07, 6.45) is 11.4. The molecular formula is C26H29ClN4O2S. The third-order valence-corrected chi connectivity index (χ3v) is 7.27. The van der Waals surface area contributed by atoms with Crippen molar-refractivity contribution in [1.29, 1.82) is 0 Å². The Kier molecular flexibility index (Phi) is 7.04. The zero-order chi connectivity index (χ0) is 23.5. The van der Waals surface area contributed by atoms with Crippen molar-refractivity contribution in [2.45, 2.75) is 43.8 Å². The SMILES string of the molecule is COCCOc1ccc(N2C(=S)N[C@@H](c3ccccn3)[C@@H]2c2ccn(C3CCCC3)c2)cc1Cl. The number of hydrogen-bond donors (Lipinski definition) is 1. The quantitative estimate of drug-likeness (QED) is 0.311. The number of aromatic nitrogens is 2. The second-order valence-corrected chi connectivity index (χ2v) is 9.58. The largest absolute Gasteiger partial charge is 0.490 e. The summed E-state index contributed by atoms with van der Waals surface area (Å²) in [6, 6.07) is 14.5.